The number of aliphatic hydroxyl groups excluding tert-OH is 1. The first kappa shape index (κ1) is 22.3. The fourth-order valence-electron chi connectivity index (χ4n) is 3.91. The van der Waals surface area contributed by atoms with E-state index in [1.165, 1.54) is 31.7 Å². The number of carbonyl (C=O) groups is 1. The molecule has 164 valence electrons. The molecule has 1 aliphatic heterocycles. The molecule has 1 N–H and O–H groups in total. The molecule has 1 aromatic carbocycles. The quantitative estimate of drug-likeness (QED) is 0.350. The Morgan fingerprint density at radius 2 is 1.73 bits per heavy atom. The second-order valence-corrected chi connectivity index (χ2v) is 8.58. The van der Waals surface area contributed by atoms with Gasteiger partial charge in [0.05, 0.1) is 5.56 Å². The Bertz CT molecular complexity index is 929. The molecule has 0 bridgehead atoms. The summed E-state index contributed by atoms with van der Waals surface area (Å²) < 4.78 is 17.1. The van der Waals surface area contributed by atoms with Gasteiger partial charge >= 0.3 is 11.6 Å². The van der Waals surface area contributed by atoms with Crippen molar-refractivity contribution in [2.24, 2.45) is 0 Å². The summed E-state index contributed by atoms with van der Waals surface area (Å²) in [4.78, 5) is 24.3. The minimum atomic E-state index is -1.10. The van der Waals surface area contributed by atoms with Gasteiger partial charge in [0.25, 0.3) is 0 Å². The number of benzene rings is 1. The van der Waals surface area contributed by atoms with Crippen LogP contribution in [0.4, 0.5) is 0 Å². The van der Waals surface area contributed by atoms with Gasteiger partial charge in [-0.3, -0.25) is 4.79 Å². The average Bonchev–Trinajstić information content (AvgIpc) is 2.70. The molecular weight excluding hydrogens is 384 g/mol. The largest absolute Gasteiger partial charge is 0.484 e. The SMILES string of the molecule is CCCCCCCCCC(=O)OC1c2c(ccc3ccc(=O)oc23)OC(C)(C)C1O. The normalized spacial score (nSPS) is 19.9. The summed E-state index contributed by atoms with van der Waals surface area (Å²) >= 11 is 0. The zero-order chi connectivity index (χ0) is 21.7. The van der Waals surface area contributed by atoms with Crippen LogP contribution < -0.4 is 10.4 Å². The highest BCUT2D eigenvalue weighted by molar-refractivity contribution is 5.83. The monoisotopic (exact) mass is 416 g/mol. The average molecular weight is 417 g/mol. The van der Waals surface area contributed by atoms with Gasteiger partial charge in [0.1, 0.15) is 23.0 Å². The second kappa shape index (κ2) is 9.65. The molecule has 1 aromatic heterocycles. The number of rotatable bonds is 9. The van der Waals surface area contributed by atoms with Crippen molar-refractivity contribution in [3.05, 3.63) is 40.2 Å². The molecule has 2 heterocycles. The van der Waals surface area contributed by atoms with Gasteiger partial charge in [-0.2, -0.15) is 0 Å². The van der Waals surface area contributed by atoms with E-state index >= 15 is 0 Å². The molecule has 0 aliphatic carbocycles. The Morgan fingerprint density at radius 3 is 2.47 bits per heavy atom. The van der Waals surface area contributed by atoms with E-state index in [1.807, 2.05) is 0 Å². The molecule has 0 radical (unpaired) electrons. The van der Waals surface area contributed by atoms with Crippen molar-refractivity contribution in [1.82, 2.24) is 0 Å². The maximum absolute atomic E-state index is 12.5. The molecule has 6 heteroatoms. The van der Waals surface area contributed by atoms with Crippen LogP contribution in [0.2, 0.25) is 0 Å². The number of esters is 1. The number of unbranched alkanes of at least 4 members (excludes halogenated alkanes) is 6. The van der Waals surface area contributed by atoms with E-state index in [-0.39, 0.29) is 11.6 Å². The highest BCUT2D eigenvalue weighted by Gasteiger charge is 2.46. The van der Waals surface area contributed by atoms with Gasteiger partial charge < -0.3 is 19.0 Å². The number of fused-ring (bicyclic) bond motifs is 3. The lowest BCUT2D eigenvalue weighted by atomic mass is 9.87. The molecule has 3 rings (SSSR count). The number of ether oxygens (including phenoxy) is 2. The molecule has 30 heavy (non-hydrogen) atoms. The zero-order valence-electron chi connectivity index (χ0n) is 18.1. The molecule has 0 fully saturated rings. The van der Waals surface area contributed by atoms with E-state index in [1.54, 1.807) is 32.0 Å². The maximum Gasteiger partial charge on any atom is 0.336 e. The van der Waals surface area contributed by atoms with Gasteiger partial charge in [-0.25, -0.2) is 4.79 Å². The molecule has 6 nitrogen and oxygen atoms in total. The van der Waals surface area contributed by atoms with Crippen LogP contribution >= 0.6 is 0 Å². The third-order valence-electron chi connectivity index (χ3n) is 5.69. The Labute approximate surface area is 177 Å². The van der Waals surface area contributed by atoms with E-state index in [2.05, 4.69) is 6.92 Å². The molecule has 0 saturated carbocycles. The lowest BCUT2D eigenvalue weighted by Gasteiger charge is -2.41. The van der Waals surface area contributed by atoms with Gasteiger partial charge in [0, 0.05) is 17.9 Å². The van der Waals surface area contributed by atoms with E-state index in [4.69, 9.17) is 13.9 Å². The predicted molar refractivity (Wildman–Crippen MR) is 115 cm³/mol. The van der Waals surface area contributed by atoms with Crippen molar-refractivity contribution in [1.29, 1.82) is 0 Å². The molecule has 0 amide bonds. The van der Waals surface area contributed by atoms with Crippen LogP contribution in [0.15, 0.2) is 33.5 Å². The van der Waals surface area contributed by atoms with Crippen LogP contribution in [0, 0.1) is 0 Å². The van der Waals surface area contributed by atoms with Crippen molar-refractivity contribution in [3.63, 3.8) is 0 Å². The van der Waals surface area contributed by atoms with Crippen molar-refractivity contribution in [2.45, 2.75) is 89.9 Å². The smallest absolute Gasteiger partial charge is 0.336 e. The van der Waals surface area contributed by atoms with Crippen LogP contribution in [0.1, 0.15) is 83.8 Å². The van der Waals surface area contributed by atoms with Crippen molar-refractivity contribution in [3.8, 4) is 5.75 Å². The Kier molecular flexibility index (Phi) is 7.19. The molecule has 0 spiro atoms. The van der Waals surface area contributed by atoms with Crippen LogP contribution in [-0.2, 0) is 9.53 Å². The molecule has 2 atom stereocenters. The van der Waals surface area contributed by atoms with Crippen LogP contribution in [-0.4, -0.2) is 22.8 Å². The number of carbonyl (C=O) groups excluding carboxylic acids is 1. The van der Waals surface area contributed by atoms with E-state index in [0.717, 1.165) is 19.3 Å². The maximum atomic E-state index is 12.5. The summed E-state index contributed by atoms with van der Waals surface area (Å²) in [5.41, 5.74) is -0.781. The first-order valence-electron chi connectivity index (χ1n) is 11.0. The lowest BCUT2D eigenvalue weighted by Crippen LogP contribution is -2.49. The summed E-state index contributed by atoms with van der Waals surface area (Å²) in [5.74, 6) is 0.0763. The van der Waals surface area contributed by atoms with Gasteiger partial charge in [-0.15, -0.1) is 0 Å². The molecule has 2 unspecified atom stereocenters. The second-order valence-electron chi connectivity index (χ2n) is 8.58. The number of hydrogen-bond donors (Lipinski definition) is 1. The summed E-state index contributed by atoms with van der Waals surface area (Å²) in [6.07, 6.45) is 5.97. The number of aliphatic hydroxyl groups is 1. The topological polar surface area (TPSA) is 86.0 Å². The molecular formula is C24H32O6. The lowest BCUT2D eigenvalue weighted by molar-refractivity contribution is -0.170. The van der Waals surface area contributed by atoms with E-state index < -0.39 is 23.4 Å². The minimum absolute atomic E-state index is 0.281. The summed E-state index contributed by atoms with van der Waals surface area (Å²) in [6.45, 7) is 5.67. The fraction of sp³-hybridized carbons (Fsp3) is 0.583. The van der Waals surface area contributed by atoms with Crippen molar-refractivity contribution >= 4 is 16.9 Å². The highest BCUT2D eigenvalue weighted by atomic mass is 16.6. The number of hydrogen-bond acceptors (Lipinski definition) is 6. The standard InChI is InChI=1S/C24H32O6/c1-4-5-6-7-8-9-10-11-18(25)29-22-20-17(30-24(2,3)23(22)27)14-12-16-13-15-19(26)28-21(16)20/h12-15,22-23,27H,4-11H2,1-3H3. The van der Waals surface area contributed by atoms with Gasteiger partial charge in [-0.1, -0.05) is 45.4 Å². The van der Waals surface area contributed by atoms with Crippen LogP contribution in [0.25, 0.3) is 11.0 Å². The predicted octanol–water partition coefficient (Wildman–Crippen LogP) is 5.05. The summed E-state index contributed by atoms with van der Waals surface area (Å²) in [6, 6.07) is 6.51. The molecule has 1 aliphatic rings. The van der Waals surface area contributed by atoms with Gasteiger partial charge in [-0.05, 0) is 38.5 Å². The fourth-order valence-corrected chi connectivity index (χ4v) is 3.91. The highest BCUT2D eigenvalue weighted by Crippen LogP contribution is 2.45. The van der Waals surface area contributed by atoms with E-state index in [0.29, 0.717) is 23.1 Å². The Morgan fingerprint density at radius 1 is 1.07 bits per heavy atom. The minimum Gasteiger partial charge on any atom is -0.484 e. The third kappa shape index (κ3) is 5.04. The third-order valence-corrected chi connectivity index (χ3v) is 5.69. The molecule has 0 saturated heterocycles. The summed E-state index contributed by atoms with van der Waals surface area (Å²) in [5, 5.41) is 11.6. The van der Waals surface area contributed by atoms with E-state index in [9.17, 15) is 14.7 Å². The Hall–Kier alpha value is -2.34. The van der Waals surface area contributed by atoms with Crippen molar-refractivity contribution < 1.29 is 23.8 Å². The van der Waals surface area contributed by atoms with Crippen LogP contribution in [0.5, 0.6) is 5.75 Å². The summed E-state index contributed by atoms with van der Waals surface area (Å²) in [7, 11) is 0. The zero-order valence-corrected chi connectivity index (χ0v) is 18.1. The van der Waals surface area contributed by atoms with Crippen LogP contribution in [0.3, 0.4) is 0 Å². The first-order chi connectivity index (χ1) is 14.3. The molecule has 2 aromatic rings. The van der Waals surface area contributed by atoms with Crippen molar-refractivity contribution in [2.75, 3.05) is 0 Å². The first-order valence-corrected chi connectivity index (χ1v) is 11.0. The Balaban J connectivity index is 1.75. The van der Waals surface area contributed by atoms with Gasteiger partial charge in [0.15, 0.2) is 6.10 Å². The van der Waals surface area contributed by atoms with Gasteiger partial charge in [0.2, 0.25) is 0 Å².